The molecule has 7 heteroatoms. The Kier molecular flexibility index (Phi) is 5.90. The summed E-state index contributed by atoms with van der Waals surface area (Å²) < 4.78 is 4.95. The Morgan fingerprint density at radius 3 is 2.42 bits per heavy atom. The lowest BCUT2D eigenvalue weighted by atomic mass is 10.2. The van der Waals surface area contributed by atoms with E-state index in [2.05, 4.69) is 15.8 Å². The minimum Gasteiger partial charge on any atom is -0.546 e. The maximum atomic E-state index is 11.7. The molecule has 0 aliphatic heterocycles. The monoisotopic (exact) mass is 326 g/mol. The number of carboxylic acids is 1. The van der Waals surface area contributed by atoms with Crippen molar-refractivity contribution in [3.63, 3.8) is 0 Å². The number of carbonyl (C=O) groups excluding carboxylic acids is 2. The normalized spacial score (nSPS) is 10.4. The van der Waals surface area contributed by atoms with Crippen LogP contribution in [0.1, 0.15) is 11.1 Å². The molecule has 24 heavy (non-hydrogen) atoms. The van der Waals surface area contributed by atoms with Crippen molar-refractivity contribution >= 4 is 23.9 Å². The van der Waals surface area contributed by atoms with E-state index in [0.717, 1.165) is 5.56 Å². The van der Waals surface area contributed by atoms with Crippen LogP contribution in [0.25, 0.3) is 0 Å². The molecule has 7 nitrogen and oxygen atoms in total. The molecule has 0 saturated heterocycles. The second kappa shape index (κ2) is 8.33. The number of nitrogens with one attached hydrogen (secondary N) is 2. The van der Waals surface area contributed by atoms with E-state index in [0.29, 0.717) is 17.0 Å². The lowest BCUT2D eigenvalue weighted by molar-refractivity contribution is -0.307. The van der Waals surface area contributed by atoms with Gasteiger partial charge in [-0.3, -0.25) is 0 Å². The number of rotatable bonds is 6. The zero-order valence-electron chi connectivity index (χ0n) is 13.0. The number of benzene rings is 2. The highest BCUT2D eigenvalue weighted by atomic mass is 16.5. The lowest BCUT2D eigenvalue weighted by Crippen LogP contribution is -2.28. The summed E-state index contributed by atoms with van der Waals surface area (Å²) in [6.45, 7) is 1.46. The molecule has 0 bridgehead atoms. The molecule has 0 saturated carbocycles. The van der Waals surface area contributed by atoms with Crippen LogP contribution < -0.4 is 20.6 Å². The number of carbonyl (C=O) groups is 2. The summed E-state index contributed by atoms with van der Waals surface area (Å²) in [4.78, 5) is 22.0. The van der Waals surface area contributed by atoms with E-state index in [1.165, 1.54) is 6.21 Å². The number of urea groups is 1. The Morgan fingerprint density at radius 2 is 1.79 bits per heavy atom. The number of amides is 2. The first-order chi connectivity index (χ1) is 11.5. The van der Waals surface area contributed by atoms with E-state index < -0.39 is 18.6 Å². The number of anilines is 1. The van der Waals surface area contributed by atoms with Gasteiger partial charge in [0.15, 0.2) is 0 Å². The summed E-state index contributed by atoms with van der Waals surface area (Å²) in [5.41, 5.74) is 4.84. The van der Waals surface area contributed by atoms with Crippen molar-refractivity contribution < 1.29 is 19.4 Å². The molecular formula is C17H16N3O4-. The number of ether oxygens (including phenoxy) is 1. The Balaban J connectivity index is 1.81. The smallest absolute Gasteiger partial charge is 0.339 e. The van der Waals surface area contributed by atoms with Gasteiger partial charge in [0.05, 0.1) is 12.2 Å². The van der Waals surface area contributed by atoms with Crippen LogP contribution in [0.15, 0.2) is 53.6 Å². The third-order valence-corrected chi connectivity index (χ3v) is 2.93. The van der Waals surface area contributed by atoms with Crippen LogP contribution in [0.5, 0.6) is 5.75 Å². The van der Waals surface area contributed by atoms with Crippen LogP contribution in [0, 0.1) is 6.92 Å². The predicted molar refractivity (Wildman–Crippen MR) is 87.9 cm³/mol. The molecule has 0 aromatic heterocycles. The standard InChI is InChI=1S/C17H17N3O4/c1-12-2-6-14(7-3-12)19-17(23)20-18-10-13-4-8-15(9-5-13)24-11-16(21)22/h2-10H,11H2,1H3,(H,21,22)(H2,19,20,23)/p-1/b18-10+. The van der Waals surface area contributed by atoms with Crippen LogP contribution in [0.4, 0.5) is 10.5 Å². The molecule has 2 aromatic carbocycles. The zero-order chi connectivity index (χ0) is 17.4. The highest BCUT2D eigenvalue weighted by molar-refractivity contribution is 5.90. The van der Waals surface area contributed by atoms with Crippen molar-refractivity contribution in [2.24, 2.45) is 5.10 Å². The van der Waals surface area contributed by atoms with Crippen LogP contribution >= 0.6 is 0 Å². The highest BCUT2D eigenvalue weighted by Crippen LogP contribution is 2.11. The molecule has 0 spiro atoms. The molecule has 2 N–H and O–H groups in total. The fourth-order valence-electron chi connectivity index (χ4n) is 1.75. The van der Waals surface area contributed by atoms with Crippen molar-refractivity contribution in [2.75, 3.05) is 11.9 Å². The van der Waals surface area contributed by atoms with Crippen LogP contribution in [0.3, 0.4) is 0 Å². The van der Waals surface area contributed by atoms with Gasteiger partial charge in [-0.05, 0) is 48.9 Å². The number of carboxylic acid groups (broad SMARTS) is 1. The summed E-state index contributed by atoms with van der Waals surface area (Å²) in [5.74, 6) is -0.883. The summed E-state index contributed by atoms with van der Waals surface area (Å²) in [5, 5.41) is 16.8. The van der Waals surface area contributed by atoms with Gasteiger partial charge in [-0.2, -0.15) is 5.10 Å². The van der Waals surface area contributed by atoms with Gasteiger partial charge in [-0.15, -0.1) is 0 Å². The molecule has 0 heterocycles. The first kappa shape index (κ1) is 17.0. The Hall–Kier alpha value is -3.35. The predicted octanol–water partition coefficient (Wildman–Crippen LogP) is 1.28. The van der Waals surface area contributed by atoms with E-state index in [1.54, 1.807) is 36.4 Å². The molecule has 0 unspecified atom stereocenters. The third kappa shape index (κ3) is 5.80. The zero-order valence-corrected chi connectivity index (χ0v) is 13.0. The van der Waals surface area contributed by atoms with Gasteiger partial charge in [0.2, 0.25) is 0 Å². The van der Waals surface area contributed by atoms with Crippen molar-refractivity contribution in [2.45, 2.75) is 6.92 Å². The highest BCUT2D eigenvalue weighted by Gasteiger charge is 1.99. The Bertz CT molecular complexity index is 725. The fraction of sp³-hybridized carbons (Fsp3) is 0.118. The second-order valence-corrected chi connectivity index (χ2v) is 4.92. The molecule has 2 aromatic rings. The quantitative estimate of drug-likeness (QED) is 0.616. The van der Waals surface area contributed by atoms with Gasteiger partial charge < -0.3 is 20.0 Å². The molecule has 124 valence electrons. The van der Waals surface area contributed by atoms with Crippen molar-refractivity contribution in [3.8, 4) is 5.75 Å². The van der Waals surface area contributed by atoms with Gasteiger partial charge in [0.1, 0.15) is 12.4 Å². The average Bonchev–Trinajstić information content (AvgIpc) is 2.56. The molecule has 2 rings (SSSR count). The molecule has 0 fully saturated rings. The van der Waals surface area contributed by atoms with Gasteiger partial charge >= 0.3 is 6.03 Å². The van der Waals surface area contributed by atoms with Gasteiger partial charge in [-0.25, -0.2) is 10.2 Å². The number of nitrogens with zero attached hydrogens (tertiary/aromatic N) is 1. The van der Waals surface area contributed by atoms with E-state index in [1.807, 2.05) is 19.1 Å². The number of hydrogen-bond acceptors (Lipinski definition) is 5. The summed E-state index contributed by atoms with van der Waals surface area (Å²) in [7, 11) is 0. The number of hydrogen-bond donors (Lipinski definition) is 2. The SMILES string of the molecule is Cc1ccc(NC(=O)N/N=C/c2ccc(OCC(=O)[O-])cc2)cc1. The topological polar surface area (TPSA) is 103 Å². The van der Waals surface area contributed by atoms with Crippen LogP contribution in [0.2, 0.25) is 0 Å². The van der Waals surface area contributed by atoms with Gasteiger partial charge in [-0.1, -0.05) is 17.7 Å². The molecule has 0 atom stereocenters. The molecule has 0 aliphatic rings. The van der Waals surface area contributed by atoms with Crippen molar-refractivity contribution in [3.05, 3.63) is 59.7 Å². The minimum absolute atomic E-state index is 0.404. The fourth-order valence-corrected chi connectivity index (χ4v) is 1.75. The Morgan fingerprint density at radius 1 is 1.12 bits per heavy atom. The van der Waals surface area contributed by atoms with E-state index in [-0.39, 0.29) is 0 Å². The number of aliphatic carboxylic acids is 1. The maximum Gasteiger partial charge on any atom is 0.339 e. The van der Waals surface area contributed by atoms with Crippen LogP contribution in [-0.2, 0) is 4.79 Å². The van der Waals surface area contributed by atoms with E-state index in [4.69, 9.17) is 4.74 Å². The molecule has 2 amide bonds. The third-order valence-electron chi connectivity index (χ3n) is 2.93. The summed E-state index contributed by atoms with van der Waals surface area (Å²) in [6.07, 6.45) is 1.46. The second-order valence-electron chi connectivity index (χ2n) is 4.92. The Labute approximate surface area is 139 Å². The number of hydrazone groups is 1. The first-order valence-corrected chi connectivity index (χ1v) is 7.12. The summed E-state index contributed by atoms with van der Waals surface area (Å²) in [6, 6.07) is 13.5. The first-order valence-electron chi connectivity index (χ1n) is 7.12. The lowest BCUT2D eigenvalue weighted by Gasteiger charge is -2.06. The van der Waals surface area contributed by atoms with Gasteiger partial charge in [0.25, 0.3) is 0 Å². The summed E-state index contributed by atoms with van der Waals surface area (Å²) >= 11 is 0. The molecular weight excluding hydrogens is 310 g/mol. The molecule has 0 radical (unpaired) electrons. The van der Waals surface area contributed by atoms with Crippen molar-refractivity contribution in [1.29, 1.82) is 0 Å². The largest absolute Gasteiger partial charge is 0.546 e. The maximum absolute atomic E-state index is 11.7. The van der Waals surface area contributed by atoms with Crippen molar-refractivity contribution in [1.82, 2.24) is 5.43 Å². The van der Waals surface area contributed by atoms with E-state index in [9.17, 15) is 14.7 Å². The van der Waals surface area contributed by atoms with Crippen LogP contribution in [-0.4, -0.2) is 24.8 Å². The molecule has 0 aliphatic carbocycles. The van der Waals surface area contributed by atoms with Gasteiger partial charge in [0, 0.05) is 5.69 Å². The number of aryl methyl sites for hydroxylation is 1. The minimum atomic E-state index is -1.29. The van der Waals surface area contributed by atoms with E-state index >= 15 is 0 Å². The average molecular weight is 326 g/mol.